The van der Waals surface area contributed by atoms with Gasteiger partial charge in [0.15, 0.2) is 4.77 Å². The average molecular weight is 313 g/mol. The predicted octanol–water partition coefficient (Wildman–Crippen LogP) is 3.91. The highest BCUT2D eigenvalue weighted by Crippen LogP contribution is 2.28. The fourth-order valence-electron chi connectivity index (χ4n) is 2.94. The Morgan fingerprint density at radius 3 is 3.19 bits per heavy atom. The normalized spacial score (nSPS) is 15.2. The Morgan fingerprint density at radius 1 is 1.33 bits per heavy atom. The van der Waals surface area contributed by atoms with Crippen LogP contribution in [0, 0.1) is 4.77 Å². The molecule has 0 aliphatic carbocycles. The molecule has 5 heteroatoms. The van der Waals surface area contributed by atoms with E-state index in [0.29, 0.717) is 4.77 Å². The molecule has 3 aromatic rings. The lowest BCUT2D eigenvalue weighted by Gasteiger charge is -2.28. The first kappa shape index (κ1) is 13.1. The van der Waals surface area contributed by atoms with Gasteiger partial charge >= 0.3 is 0 Å². The SMILES string of the molecule is S=c1ncc2c([nH]1)CCN(Cc1csc3ccccc13)C2. The molecule has 0 atom stereocenters. The van der Waals surface area contributed by atoms with Crippen LogP contribution >= 0.6 is 23.6 Å². The van der Waals surface area contributed by atoms with Crippen molar-refractivity contribution in [2.75, 3.05) is 6.54 Å². The van der Waals surface area contributed by atoms with Gasteiger partial charge in [0.2, 0.25) is 0 Å². The van der Waals surface area contributed by atoms with Crippen LogP contribution in [0.15, 0.2) is 35.8 Å². The molecule has 106 valence electrons. The average Bonchev–Trinajstić information content (AvgIpc) is 2.91. The highest BCUT2D eigenvalue weighted by molar-refractivity contribution is 7.71. The van der Waals surface area contributed by atoms with Crippen molar-refractivity contribution in [1.29, 1.82) is 0 Å². The second-order valence-corrected chi connectivity index (χ2v) is 6.71. The molecule has 0 fully saturated rings. The monoisotopic (exact) mass is 313 g/mol. The minimum Gasteiger partial charge on any atom is -0.334 e. The molecule has 0 amide bonds. The molecule has 0 bridgehead atoms. The van der Waals surface area contributed by atoms with Gasteiger partial charge in [-0.1, -0.05) is 18.2 Å². The molecule has 1 aliphatic rings. The number of nitrogens with zero attached hydrogens (tertiary/aromatic N) is 2. The zero-order valence-electron chi connectivity index (χ0n) is 11.5. The molecule has 4 rings (SSSR count). The third-order valence-electron chi connectivity index (χ3n) is 4.01. The Balaban J connectivity index is 1.59. The molecular weight excluding hydrogens is 298 g/mol. The van der Waals surface area contributed by atoms with E-state index in [9.17, 15) is 0 Å². The number of hydrogen-bond acceptors (Lipinski definition) is 4. The largest absolute Gasteiger partial charge is 0.334 e. The molecule has 0 spiro atoms. The summed E-state index contributed by atoms with van der Waals surface area (Å²) in [4.78, 5) is 9.91. The molecule has 0 unspecified atom stereocenters. The number of aromatic amines is 1. The van der Waals surface area contributed by atoms with Crippen molar-refractivity contribution in [2.45, 2.75) is 19.5 Å². The number of hydrogen-bond donors (Lipinski definition) is 1. The van der Waals surface area contributed by atoms with Crippen LogP contribution in [0.3, 0.4) is 0 Å². The number of aromatic nitrogens is 2. The van der Waals surface area contributed by atoms with Crippen LogP contribution < -0.4 is 0 Å². The van der Waals surface area contributed by atoms with E-state index < -0.39 is 0 Å². The van der Waals surface area contributed by atoms with Gasteiger partial charge in [-0.15, -0.1) is 11.3 Å². The van der Waals surface area contributed by atoms with E-state index in [-0.39, 0.29) is 0 Å². The summed E-state index contributed by atoms with van der Waals surface area (Å²) in [5, 5.41) is 3.68. The summed E-state index contributed by atoms with van der Waals surface area (Å²) in [6.45, 7) is 3.00. The molecule has 3 heterocycles. The van der Waals surface area contributed by atoms with Crippen molar-refractivity contribution in [1.82, 2.24) is 14.9 Å². The predicted molar refractivity (Wildman–Crippen MR) is 89.1 cm³/mol. The minimum absolute atomic E-state index is 0.589. The van der Waals surface area contributed by atoms with Gasteiger partial charge in [0.1, 0.15) is 0 Å². The zero-order chi connectivity index (χ0) is 14.2. The zero-order valence-corrected chi connectivity index (χ0v) is 13.1. The van der Waals surface area contributed by atoms with Crippen molar-refractivity contribution in [3.8, 4) is 0 Å². The fourth-order valence-corrected chi connectivity index (χ4v) is 4.07. The summed E-state index contributed by atoms with van der Waals surface area (Å²) in [5.41, 5.74) is 3.95. The summed E-state index contributed by atoms with van der Waals surface area (Å²) in [5.74, 6) is 0. The molecule has 1 aliphatic heterocycles. The van der Waals surface area contributed by atoms with E-state index in [2.05, 4.69) is 44.5 Å². The number of nitrogens with one attached hydrogen (secondary N) is 1. The van der Waals surface area contributed by atoms with Gasteiger partial charge in [-0.2, -0.15) is 0 Å². The summed E-state index contributed by atoms with van der Waals surface area (Å²) in [6, 6.07) is 8.64. The molecule has 2 aromatic heterocycles. The van der Waals surface area contributed by atoms with Gasteiger partial charge in [0.25, 0.3) is 0 Å². The van der Waals surface area contributed by atoms with Crippen molar-refractivity contribution >= 4 is 33.6 Å². The Hall–Kier alpha value is -1.56. The van der Waals surface area contributed by atoms with E-state index in [4.69, 9.17) is 12.2 Å². The summed E-state index contributed by atoms with van der Waals surface area (Å²) >= 11 is 6.93. The van der Waals surface area contributed by atoms with Crippen molar-refractivity contribution in [2.24, 2.45) is 0 Å². The molecule has 0 saturated heterocycles. The molecule has 1 N–H and O–H groups in total. The number of benzene rings is 1. The third kappa shape index (κ3) is 2.52. The molecule has 3 nitrogen and oxygen atoms in total. The number of thiophene rings is 1. The van der Waals surface area contributed by atoms with Crippen molar-refractivity contribution in [3.63, 3.8) is 0 Å². The second-order valence-electron chi connectivity index (χ2n) is 5.41. The lowest BCUT2D eigenvalue weighted by molar-refractivity contribution is 0.244. The number of H-pyrrole nitrogens is 1. The lowest BCUT2D eigenvalue weighted by Crippen LogP contribution is -2.30. The molecule has 21 heavy (non-hydrogen) atoms. The second kappa shape index (κ2) is 5.33. The first-order valence-electron chi connectivity index (χ1n) is 7.04. The quantitative estimate of drug-likeness (QED) is 0.728. The molecule has 1 aromatic carbocycles. The van der Waals surface area contributed by atoms with Crippen LogP contribution in [-0.4, -0.2) is 21.4 Å². The first-order valence-corrected chi connectivity index (χ1v) is 8.33. The molecule has 0 saturated carbocycles. The smallest absolute Gasteiger partial charge is 0.196 e. The van der Waals surface area contributed by atoms with E-state index in [0.717, 1.165) is 26.1 Å². The van der Waals surface area contributed by atoms with Gasteiger partial charge in [-0.05, 0) is 34.6 Å². The van der Waals surface area contributed by atoms with E-state index in [1.807, 2.05) is 17.5 Å². The summed E-state index contributed by atoms with van der Waals surface area (Å²) < 4.78 is 1.96. The van der Waals surface area contributed by atoms with Gasteiger partial charge in [-0.3, -0.25) is 4.90 Å². The van der Waals surface area contributed by atoms with Crippen LogP contribution in [0.4, 0.5) is 0 Å². The van der Waals surface area contributed by atoms with Gasteiger partial charge in [0.05, 0.1) is 0 Å². The fraction of sp³-hybridized carbons (Fsp3) is 0.250. The van der Waals surface area contributed by atoms with E-state index in [1.54, 1.807) is 0 Å². The maximum Gasteiger partial charge on any atom is 0.196 e. The maximum atomic E-state index is 5.09. The highest BCUT2D eigenvalue weighted by atomic mass is 32.1. The minimum atomic E-state index is 0.589. The number of rotatable bonds is 2. The Morgan fingerprint density at radius 2 is 2.24 bits per heavy atom. The van der Waals surface area contributed by atoms with Crippen LogP contribution in [-0.2, 0) is 19.5 Å². The van der Waals surface area contributed by atoms with Crippen LogP contribution in [0.1, 0.15) is 16.8 Å². The van der Waals surface area contributed by atoms with E-state index in [1.165, 1.54) is 26.9 Å². The lowest BCUT2D eigenvalue weighted by atomic mass is 10.1. The van der Waals surface area contributed by atoms with Crippen LogP contribution in [0.2, 0.25) is 0 Å². The Bertz CT molecular complexity index is 850. The standard InChI is InChI=1S/C16H15N3S2/c20-16-17-7-11-8-19(6-5-14(11)18-16)9-12-10-21-15-4-2-1-3-13(12)15/h1-4,7,10H,5-6,8-9H2,(H,17,18,20). The van der Waals surface area contributed by atoms with Crippen LogP contribution in [0.5, 0.6) is 0 Å². The van der Waals surface area contributed by atoms with Crippen LogP contribution in [0.25, 0.3) is 10.1 Å². The van der Waals surface area contributed by atoms with Gasteiger partial charge in [0, 0.05) is 48.2 Å². The third-order valence-corrected chi connectivity index (χ3v) is 5.23. The molecular formula is C16H15N3S2. The van der Waals surface area contributed by atoms with Gasteiger partial charge in [-0.25, -0.2) is 4.98 Å². The van der Waals surface area contributed by atoms with Crippen molar-refractivity contribution in [3.05, 3.63) is 57.4 Å². The topological polar surface area (TPSA) is 31.9 Å². The molecule has 0 radical (unpaired) electrons. The number of fused-ring (bicyclic) bond motifs is 2. The van der Waals surface area contributed by atoms with E-state index >= 15 is 0 Å². The Labute approximate surface area is 132 Å². The Kier molecular flexibility index (Phi) is 3.33. The highest BCUT2D eigenvalue weighted by Gasteiger charge is 2.18. The first-order chi connectivity index (χ1) is 10.3. The van der Waals surface area contributed by atoms with Crippen molar-refractivity contribution < 1.29 is 0 Å². The summed E-state index contributed by atoms with van der Waals surface area (Å²) in [7, 11) is 0. The summed E-state index contributed by atoms with van der Waals surface area (Å²) in [6.07, 6.45) is 2.94. The maximum absolute atomic E-state index is 5.09. The van der Waals surface area contributed by atoms with Gasteiger partial charge < -0.3 is 4.98 Å².